The van der Waals surface area contributed by atoms with Crippen molar-refractivity contribution < 1.29 is 9.59 Å². The highest BCUT2D eigenvalue weighted by molar-refractivity contribution is 5.90. The highest BCUT2D eigenvalue weighted by atomic mass is 16.1. The Balaban J connectivity index is 2.10. The van der Waals surface area contributed by atoms with Crippen LogP contribution in [-0.2, 0) is 9.59 Å². The van der Waals surface area contributed by atoms with Crippen LogP contribution in [0.25, 0.3) is 0 Å². The van der Waals surface area contributed by atoms with E-state index >= 15 is 0 Å². The molecule has 1 saturated carbocycles. The second-order valence-electron chi connectivity index (χ2n) is 5.18. The molecular weight excluding hydrogens is 200 g/mol. The van der Waals surface area contributed by atoms with Gasteiger partial charge in [0.15, 0.2) is 0 Å². The minimum Gasteiger partial charge on any atom is -0.300 e. The molecule has 0 heterocycles. The lowest BCUT2D eigenvalue weighted by molar-refractivity contribution is -0.131. The molecule has 0 saturated heterocycles. The van der Waals surface area contributed by atoms with Gasteiger partial charge < -0.3 is 0 Å². The second kappa shape index (κ2) is 4.52. The van der Waals surface area contributed by atoms with Gasteiger partial charge in [-0.05, 0) is 31.6 Å². The summed E-state index contributed by atoms with van der Waals surface area (Å²) in [4.78, 5) is 23.8. The molecule has 2 rings (SSSR count). The third kappa shape index (κ3) is 1.85. The van der Waals surface area contributed by atoms with E-state index < -0.39 is 0 Å². The van der Waals surface area contributed by atoms with Crippen LogP contribution >= 0.6 is 0 Å². The molecule has 0 spiro atoms. The van der Waals surface area contributed by atoms with E-state index in [2.05, 4.69) is 19.1 Å². The molecule has 0 unspecified atom stereocenters. The average molecular weight is 220 g/mol. The maximum absolute atomic E-state index is 12.1. The monoisotopic (exact) mass is 220 g/mol. The quantitative estimate of drug-likeness (QED) is 0.668. The second-order valence-corrected chi connectivity index (χ2v) is 5.18. The van der Waals surface area contributed by atoms with E-state index in [1.165, 1.54) is 0 Å². The van der Waals surface area contributed by atoms with Crippen LogP contribution in [0.2, 0.25) is 0 Å². The van der Waals surface area contributed by atoms with Crippen LogP contribution in [0.4, 0.5) is 0 Å². The van der Waals surface area contributed by atoms with Gasteiger partial charge in [-0.25, -0.2) is 0 Å². The van der Waals surface area contributed by atoms with Crippen LogP contribution in [-0.4, -0.2) is 11.6 Å². The fraction of sp³-hybridized carbons (Fsp3) is 0.714. The molecule has 0 radical (unpaired) electrons. The first-order chi connectivity index (χ1) is 7.65. The number of Topliss-reactive ketones (excluding diaryl/α,β-unsaturated/α-hetero) is 2. The summed E-state index contributed by atoms with van der Waals surface area (Å²) in [6.45, 7) is 3.73. The summed E-state index contributed by atoms with van der Waals surface area (Å²) < 4.78 is 0. The minimum atomic E-state index is -0.0145. The van der Waals surface area contributed by atoms with Crippen molar-refractivity contribution in [2.24, 2.45) is 23.7 Å². The standard InChI is InChI=1S/C14H20O2/c1-3-4-5-12(16)14-11-7-6-10(8-11)13(14)9(2)15/h6-7,10-11,13-14H,3-5,8H2,1-2H3/t10-,11+,13-,14-/m1/s1. The van der Waals surface area contributed by atoms with Crippen molar-refractivity contribution in [1.82, 2.24) is 0 Å². The lowest BCUT2D eigenvalue weighted by atomic mass is 9.77. The normalized spacial score (nSPS) is 35.6. The van der Waals surface area contributed by atoms with Gasteiger partial charge in [0.05, 0.1) is 0 Å². The van der Waals surface area contributed by atoms with Gasteiger partial charge in [-0.2, -0.15) is 0 Å². The maximum atomic E-state index is 12.1. The average Bonchev–Trinajstić information content (AvgIpc) is 2.84. The SMILES string of the molecule is CCCCC(=O)[C@@H]1[C@H](C(C)=O)[C@@H]2C=C[C@H]1C2. The maximum Gasteiger partial charge on any atom is 0.137 e. The summed E-state index contributed by atoms with van der Waals surface area (Å²) >= 11 is 0. The van der Waals surface area contributed by atoms with E-state index in [1.54, 1.807) is 6.92 Å². The Morgan fingerprint density at radius 3 is 2.38 bits per heavy atom. The molecular formula is C14H20O2. The van der Waals surface area contributed by atoms with Crippen molar-refractivity contribution in [3.63, 3.8) is 0 Å². The highest BCUT2D eigenvalue weighted by Gasteiger charge is 2.49. The Labute approximate surface area is 97.1 Å². The predicted molar refractivity (Wildman–Crippen MR) is 62.9 cm³/mol. The molecule has 2 aliphatic carbocycles. The largest absolute Gasteiger partial charge is 0.300 e. The Morgan fingerprint density at radius 1 is 1.19 bits per heavy atom. The van der Waals surface area contributed by atoms with Gasteiger partial charge in [-0.1, -0.05) is 25.5 Å². The molecule has 2 bridgehead atoms. The molecule has 0 aromatic rings. The summed E-state index contributed by atoms with van der Waals surface area (Å²) in [5, 5.41) is 0. The van der Waals surface area contributed by atoms with Gasteiger partial charge in [0.2, 0.25) is 0 Å². The number of hydrogen-bond acceptors (Lipinski definition) is 2. The first-order valence-electron chi connectivity index (χ1n) is 6.36. The molecule has 2 aliphatic rings. The predicted octanol–water partition coefficient (Wildman–Crippen LogP) is 2.77. The fourth-order valence-electron chi connectivity index (χ4n) is 3.33. The Kier molecular flexibility index (Phi) is 3.27. The number of carbonyl (C=O) groups excluding carboxylic acids is 2. The molecule has 88 valence electrons. The van der Waals surface area contributed by atoms with Crippen molar-refractivity contribution in [3.8, 4) is 0 Å². The highest BCUT2D eigenvalue weighted by Crippen LogP contribution is 2.49. The van der Waals surface area contributed by atoms with Crippen LogP contribution in [0.1, 0.15) is 39.5 Å². The van der Waals surface area contributed by atoms with Gasteiger partial charge in [0.1, 0.15) is 11.6 Å². The van der Waals surface area contributed by atoms with Gasteiger partial charge in [-0.3, -0.25) is 9.59 Å². The number of allylic oxidation sites excluding steroid dienone is 2. The van der Waals surface area contributed by atoms with Crippen LogP contribution < -0.4 is 0 Å². The lowest BCUT2D eigenvalue weighted by Gasteiger charge is -2.24. The Bertz CT molecular complexity index is 330. The summed E-state index contributed by atoms with van der Waals surface area (Å²) in [5.74, 6) is 1.20. The number of unbranched alkanes of at least 4 members (excludes halogenated alkanes) is 1. The summed E-state index contributed by atoms with van der Waals surface area (Å²) in [5.41, 5.74) is 0. The van der Waals surface area contributed by atoms with Crippen LogP contribution in [0.3, 0.4) is 0 Å². The number of ketones is 2. The zero-order chi connectivity index (χ0) is 11.7. The molecule has 0 aliphatic heterocycles. The molecule has 0 N–H and O–H groups in total. The van der Waals surface area contributed by atoms with Crippen molar-refractivity contribution in [2.45, 2.75) is 39.5 Å². The molecule has 0 amide bonds. The minimum absolute atomic E-state index is 0.000880. The lowest BCUT2D eigenvalue weighted by Crippen LogP contribution is -2.31. The zero-order valence-electron chi connectivity index (χ0n) is 10.1. The number of carbonyl (C=O) groups is 2. The molecule has 1 fully saturated rings. The molecule has 16 heavy (non-hydrogen) atoms. The third-order valence-electron chi connectivity index (χ3n) is 4.08. The number of rotatable bonds is 5. The van der Waals surface area contributed by atoms with E-state index in [9.17, 15) is 9.59 Å². The molecule has 2 nitrogen and oxygen atoms in total. The van der Waals surface area contributed by atoms with E-state index in [-0.39, 0.29) is 17.6 Å². The van der Waals surface area contributed by atoms with E-state index in [1.807, 2.05) is 0 Å². The molecule has 0 aromatic heterocycles. The van der Waals surface area contributed by atoms with E-state index in [0.717, 1.165) is 19.3 Å². The summed E-state index contributed by atoms with van der Waals surface area (Å²) in [6, 6.07) is 0. The fourth-order valence-corrected chi connectivity index (χ4v) is 3.33. The molecule has 2 heteroatoms. The van der Waals surface area contributed by atoms with Gasteiger partial charge in [-0.15, -0.1) is 0 Å². The zero-order valence-corrected chi connectivity index (χ0v) is 10.1. The number of fused-ring (bicyclic) bond motifs is 2. The van der Waals surface area contributed by atoms with Gasteiger partial charge in [0.25, 0.3) is 0 Å². The van der Waals surface area contributed by atoms with Crippen LogP contribution in [0, 0.1) is 23.7 Å². The van der Waals surface area contributed by atoms with Crippen LogP contribution in [0.5, 0.6) is 0 Å². The topological polar surface area (TPSA) is 34.1 Å². The first-order valence-corrected chi connectivity index (χ1v) is 6.36. The van der Waals surface area contributed by atoms with E-state index in [4.69, 9.17) is 0 Å². The smallest absolute Gasteiger partial charge is 0.137 e. The molecule has 0 aromatic carbocycles. The van der Waals surface area contributed by atoms with Crippen molar-refractivity contribution in [2.75, 3.05) is 0 Å². The van der Waals surface area contributed by atoms with Crippen molar-refractivity contribution >= 4 is 11.6 Å². The third-order valence-corrected chi connectivity index (χ3v) is 4.08. The van der Waals surface area contributed by atoms with Crippen LogP contribution in [0.15, 0.2) is 12.2 Å². The van der Waals surface area contributed by atoms with Gasteiger partial charge in [0, 0.05) is 18.3 Å². The van der Waals surface area contributed by atoms with Crippen molar-refractivity contribution in [1.29, 1.82) is 0 Å². The summed E-state index contributed by atoms with van der Waals surface area (Å²) in [6.07, 6.45) is 7.97. The van der Waals surface area contributed by atoms with E-state index in [0.29, 0.717) is 24.0 Å². The summed E-state index contributed by atoms with van der Waals surface area (Å²) in [7, 11) is 0. The first kappa shape index (κ1) is 11.6. The van der Waals surface area contributed by atoms with Crippen molar-refractivity contribution in [3.05, 3.63) is 12.2 Å². The number of hydrogen-bond donors (Lipinski definition) is 0. The Hall–Kier alpha value is -0.920. The van der Waals surface area contributed by atoms with Gasteiger partial charge >= 0.3 is 0 Å². The molecule has 4 atom stereocenters. The Morgan fingerprint density at radius 2 is 1.81 bits per heavy atom.